The van der Waals surface area contributed by atoms with Gasteiger partial charge < -0.3 is 19.5 Å². The number of nitrogens with zero attached hydrogens (tertiary/aromatic N) is 1. The number of amides is 1. The first-order valence-corrected chi connectivity index (χ1v) is 9.94. The molecule has 168 valence electrons. The van der Waals surface area contributed by atoms with E-state index in [-0.39, 0.29) is 30.1 Å². The van der Waals surface area contributed by atoms with E-state index in [0.29, 0.717) is 19.3 Å². The van der Waals surface area contributed by atoms with Gasteiger partial charge in [0, 0.05) is 12.1 Å². The third-order valence-electron chi connectivity index (χ3n) is 4.27. The summed E-state index contributed by atoms with van der Waals surface area (Å²) in [5.74, 6) is -0.577. The predicted molar refractivity (Wildman–Crippen MR) is 112 cm³/mol. The lowest BCUT2D eigenvalue weighted by atomic mass is 9.96. The highest BCUT2D eigenvalue weighted by Crippen LogP contribution is 2.28. The monoisotopic (exact) mass is 424 g/mol. The van der Waals surface area contributed by atoms with Gasteiger partial charge in [-0.15, -0.1) is 0 Å². The number of rotatable bonds is 10. The molecule has 0 saturated heterocycles. The zero-order chi connectivity index (χ0) is 22.9. The Labute approximate surface area is 177 Å². The lowest BCUT2D eigenvalue weighted by Gasteiger charge is -2.25. The van der Waals surface area contributed by atoms with Crippen LogP contribution in [-0.4, -0.2) is 42.3 Å². The van der Waals surface area contributed by atoms with Crippen molar-refractivity contribution in [3.63, 3.8) is 0 Å². The first kappa shape index (κ1) is 25.2. The molecule has 30 heavy (non-hydrogen) atoms. The van der Waals surface area contributed by atoms with Gasteiger partial charge in [-0.25, -0.2) is 4.79 Å². The highest BCUT2D eigenvalue weighted by Gasteiger charge is 2.24. The molecule has 0 aliphatic heterocycles. The van der Waals surface area contributed by atoms with Crippen molar-refractivity contribution in [1.29, 1.82) is 0 Å². The Morgan fingerprint density at radius 3 is 2.47 bits per heavy atom. The van der Waals surface area contributed by atoms with Crippen molar-refractivity contribution in [2.45, 2.75) is 65.5 Å². The highest BCUT2D eigenvalue weighted by atomic mass is 16.6. The molecule has 9 heteroatoms. The summed E-state index contributed by atoms with van der Waals surface area (Å²) in [5, 5.41) is 14.0. The minimum atomic E-state index is -0.655. The molecule has 0 aromatic heterocycles. The minimum absolute atomic E-state index is 0.119. The summed E-state index contributed by atoms with van der Waals surface area (Å²) in [4.78, 5) is 35.0. The number of carbonyl (C=O) groups excluding carboxylic acids is 2. The van der Waals surface area contributed by atoms with E-state index in [4.69, 9.17) is 14.2 Å². The van der Waals surface area contributed by atoms with Crippen LogP contribution in [0, 0.1) is 16.0 Å². The van der Waals surface area contributed by atoms with Crippen molar-refractivity contribution in [1.82, 2.24) is 5.32 Å². The maximum Gasteiger partial charge on any atom is 0.407 e. The number of alkyl carbamates (subject to hydrolysis) is 1. The quantitative estimate of drug-likeness (QED) is 0.342. The molecule has 0 bridgehead atoms. The SMILES string of the molecule is CCOC(=O)C(C)CC(CCc1ccc(OC)c([N+](=O)[O-])c1)NC(=O)OC(C)(C)C. The smallest absolute Gasteiger partial charge is 0.407 e. The van der Waals surface area contributed by atoms with Crippen molar-refractivity contribution in [3.05, 3.63) is 33.9 Å². The van der Waals surface area contributed by atoms with Crippen LogP contribution in [0.25, 0.3) is 0 Å². The van der Waals surface area contributed by atoms with E-state index in [2.05, 4.69) is 5.32 Å². The van der Waals surface area contributed by atoms with Crippen molar-refractivity contribution < 1.29 is 28.7 Å². The van der Waals surface area contributed by atoms with E-state index in [1.807, 2.05) is 0 Å². The van der Waals surface area contributed by atoms with Crippen LogP contribution in [0.15, 0.2) is 18.2 Å². The van der Waals surface area contributed by atoms with Gasteiger partial charge in [0.1, 0.15) is 5.60 Å². The highest BCUT2D eigenvalue weighted by molar-refractivity contribution is 5.72. The maximum atomic E-state index is 12.2. The summed E-state index contributed by atoms with van der Waals surface area (Å²) in [6.45, 7) is 9.04. The number of benzene rings is 1. The summed E-state index contributed by atoms with van der Waals surface area (Å²) in [5.41, 5.74) is -0.0494. The van der Waals surface area contributed by atoms with Gasteiger partial charge in [-0.1, -0.05) is 13.0 Å². The second-order valence-corrected chi connectivity index (χ2v) is 8.03. The number of methoxy groups -OCH3 is 1. The first-order chi connectivity index (χ1) is 14.0. The average Bonchev–Trinajstić information content (AvgIpc) is 2.64. The van der Waals surface area contributed by atoms with Crippen LogP contribution in [-0.2, 0) is 20.7 Å². The molecule has 1 amide bonds. The molecule has 2 atom stereocenters. The third kappa shape index (κ3) is 8.67. The number of hydrogen-bond donors (Lipinski definition) is 1. The Kier molecular flexibility index (Phi) is 9.55. The molecule has 0 spiro atoms. The molecule has 0 radical (unpaired) electrons. The fraction of sp³-hybridized carbons (Fsp3) is 0.619. The summed E-state index contributed by atoms with van der Waals surface area (Å²) in [6, 6.07) is 4.37. The Hall–Kier alpha value is -2.84. The molecular weight excluding hydrogens is 392 g/mol. The molecule has 1 N–H and O–H groups in total. The number of hydrogen-bond acceptors (Lipinski definition) is 7. The Morgan fingerprint density at radius 2 is 1.93 bits per heavy atom. The van der Waals surface area contributed by atoms with Crippen LogP contribution in [0.5, 0.6) is 5.75 Å². The van der Waals surface area contributed by atoms with E-state index in [0.717, 1.165) is 5.56 Å². The van der Waals surface area contributed by atoms with Crippen LogP contribution in [0.2, 0.25) is 0 Å². The fourth-order valence-corrected chi connectivity index (χ4v) is 2.91. The van der Waals surface area contributed by atoms with Crippen molar-refractivity contribution >= 4 is 17.7 Å². The Balaban J connectivity index is 2.91. The van der Waals surface area contributed by atoms with E-state index in [1.165, 1.54) is 13.2 Å². The van der Waals surface area contributed by atoms with Gasteiger partial charge in [0.05, 0.1) is 24.6 Å². The molecule has 9 nitrogen and oxygen atoms in total. The van der Waals surface area contributed by atoms with Gasteiger partial charge in [-0.3, -0.25) is 14.9 Å². The van der Waals surface area contributed by atoms with Gasteiger partial charge in [0.15, 0.2) is 5.75 Å². The molecule has 1 aromatic carbocycles. The zero-order valence-electron chi connectivity index (χ0n) is 18.5. The first-order valence-electron chi connectivity index (χ1n) is 9.94. The number of carbonyl (C=O) groups is 2. The molecule has 0 saturated carbocycles. The maximum absolute atomic E-state index is 12.2. The van der Waals surface area contributed by atoms with Crippen LogP contribution >= 0.6 is 0 Å². The number of aryl methyl sites for hydroxylation is 1. The van der Waals surface area contributed by atoms with E-state index >= 15 is 0 Å². The largest absolute Gasteiger partial charge is 0.490 e. The van der Waals surface area contributed by atoms with Crippen LogP contribution in [0.3, 0.4) is 0 Å². The number of esters is 1. The topological polar surface area (TPSA) is 117 Å². The third-order valence-corrected chi connectivity index (χ3v) is 4.27. The van der Waals surface area contributed by atoms with E-state index in [1.54, 1.807) is 46.8 Å². The molecule has 1 rings (SSSR count). The van der Waals surface area contributed by atoms with Crippen molar-refractivity contribution in [3.8, 4) is 5.75 Å². The van der Waals surface area contributed by atoms with Gasteiger partial charge in [0.25, 0.3) is 0 Å². The Bertz CT molecular complexity index is 743. The van der Waals surface area contributed by atoms with Crippen molar-refractivity contribution in [2.24, 2.45) is 5.92 Å². The minimum Gasteiger partial charge on any atom is -0.490 e. The molecule has 1 aromatic rings. The summed E-state index contributed by atoms with van der Waals surface area (Å²) >= 11 is 0. The molecule has 0 fully saturated rings. The van der Waals surface area contributed by atoms with E-state index in [9.17, 15) is 19.7 Å². The molecular formula is C21H32N2O7. The zero-order valence-corrected chi connectivity index (χ0v) is 18.5. The molecule has 2 unspecified atom stereocenters. The number of ether oxygens (including phenoxy) is 3. The second-order valence-electron chi connectivity index (χ2n) is 8.03. The van der Waals surface area contributed by atoms with Gasteiger partial charge in [-0.05, 0) is 58.6 Å². The summed E-state index contributed by atoms with van der Waals surface area (Å²) in [6.07, 6.45) is 0.702. The molecule has 0 aliphatic carbocycles. The second kappa shape index (κ2) is 11.4. The average molecular weight is 424 g/mol. The van der Waals surface area contributed by atoms with Gasteiger partial charge in [0.2, 0.25) is 0 Å². The number of nitro groups is 1. The molecule has 0 heterocycles. The number of nitro benzene ring substituents is 1. The molecule has 0 aliphatic rings. The lowest BCUT2D eigenvalue weighted by molar-refractivity contribution is -0.385. The van der Waals surface area contributed by atoms with Gasteiger partial charge >= 0.3 is 17.7 Å². The standard InChI is InChI=1S/C21H32N2O7/c1-7-29-19(24)14(2)12-16(22-20(25)30-21(3,4)5)10-8-15-9-11-18(28-6)17(13-15)23(26)27/h9,11,13-14,16H,7-8,10,12H2,1-6H3,(H,22,25). The van der Waals surface area contributed by atoms with Crippen LogP contribution in [0.4, 0.5) is 10.5 Å². The van der Waals surface area contributed by atoms with Crippen molar-refractivity contribution in [2.75, 3.05) is 13.7 Å². The van der Waals surface area contributed by atoms with Gasteiger partial charge in [-0.2, -0.15) is 0 Å². The normalized spacial score (nSPS) is 13.1. The lowest BCUT2D eigenvalue weighted by Crippen LogP contribution is -2.41. The fourth-order valence-electron chi connectivity index (χ4n) is 2.91. The summed E-state index contributed by atoms with van der Waals surface area (Å²) in [7, 11) is 1.37. The van der Waals surface area contributed by atoms with E-state index < -0.39 is 22.5 Å². The van der Waals surface area contributed by atoms with Crippen LogP contribution < -0.4 is 10.1 Å². The van der Waals surface area contributed by atoms with Crippen LogP contribution in [0.1, 0.15) is 53.0 Å². The predicted octanol–water partition coefficient (Wildman–Crippen LogP) is 4.02. The summed E-state index contributed by atoms with van der Waals surface area (Å²) < 4.78 is 15.4. The number of nitrogens with one attached hydrogen (secondary N) is 1. The Morgan fingerprint density at radius 1 is 1.27 bits per heavy atom.